The summed E-state index contributed by atoms with van der Waals surface area (Å²) in [4.78, 5) is 25.1. The van der Waals surface area contributed by atoms with Gasteiger partial charge >= 0.3 is 0 Å². The van der Waals surface area contributed by atoms with Gasteiger partial charge in [-0.1, -0.05) is 11.6 Å². The van der Waals surface area contributed by atoms with E-state index in [1.165, 1.54) is 12.1 Å². The highest BCUT2D eigenvalue weighted by Crippen LogP contribution is 2.46. The van der Waals surface area contributed by atoms with Crippen molar-refractivity contribution in [2.24, 2.45) is 11.8 Å². The van der Waals surface area contributed by atoms with Crippen molar-refractivity contribution in [3.8, 4) is 5.75 Å². The van der Waals surface area contributed by atoms with Crippen LogP contribution in [0, 0.1) is 17.7 Å². The zero-order chi connectivity index (χ0) is 21.4. The maximum atomic E-state index is 13.5. The van der Waals surface area contributed by atoms with Gasteiger partial charge in [-0.05, 0) is 57.1 Å². The molecule has 6 nitrogen and oxygen atoms in total. The quantitative estimate of drug-likeness (QED) is 0.614. The highest BCUT2D eigenvalue weighted by atomic mass is 35.5. The molecule has 3 aliphatic carbocycles. The Balaban J connectivity index is 1.27. The van der Waals surface area contributed by atoms with Crippen LogP contribution in [-0.4, -0.2) is 47.2 Å². The Hall–Kier alpha value is -1.51. The van der Waals surface area contributed by atoms with E-state index >= 15 is 0 Å². The van der Waals surface area contributed by atoms with E-state index in [1.54, 1.807) is 11.8 Å². The van der Waals surface area contributed by atoms with Gasteiger partial charge in [0, 0.05) is 24.2 Å². The first-order chi connectivity index (χ1) is 14.3. The van der Waals surface area contributed by atoms with Crippen molar-refractivity contribution >= 4 is 35.2 Å². The zero-order valence-corrected chi connectivity index (χ0v) is 18.6. The van der Waals surface area contributed by atoms with E-state index in [2.05, 4.69) is 22.9 Å². The van der Waals surface area contributed by atoms with Crippen molar-refractivity contribution in [1.82, 2.24) is 16.0 Å². The Morgan fingerprint density at radius 1 is 1.20 bits per heavy atom. The van der Waals surface area contributed by atoms with Crippen molar-refractivity contribution < 1.29 is 18.7 Å². The van der Waals surface area contributed by atoms with Crippen LogP contribution in [0.2, 0.25) is 5.02 Å². The van der Waals surface area contributed by atoms with Crippen LogP contribution >= 0.6 is 23.4 Å². The average molecular weight is 456 g/mol. The van der Waals surface area contributed by atoms with E-state index in [9.17, 15) is 14.0 Å². The molecule has 9 heteroatoms. The average Bonchev–Trinajstić information content (AvgIpc) is 3.00. The van der Waals surface area contributed by atoms with Crippen LogP contribution < -0.4 is 20.7 Å². The lowest BCUT2D eigenvalue weighted by atomic mass is 9.60. The highest BCUT2D eigenvalue weighted by Gasteiger charge is 2.47. The molecule has 4 unspecified atom stereocenters. The molecule has 0 radical (unpaired) electrons. The molecule has 1 heterocycles. The van der Waals surface area contributed by atoms with Crippen LogP contribution in [0.3, 0.4) is 0 Å². The molecule has 0 spiro atoms. The van der Waals surface area contributed by atoms with Gasteiger partial charge in [0.15, 0.2) is 6.61 Å². The van der Waals surface area contributed by atoms with Crippen LogP contribution in [0.25, 0.3) is 0 Å². The molecule has 3 N–H and O–H groups in total. The molecule has 1 aromatic rings. The third-order valence-electron chi connectivity index (χ3n) is 6.35. The first-order valence-corrected chi connectivity index (χ1v) is 11.7. The van der Waals surface area contributed by atoms with E-state index in [0.717, 1.165) is 25.3 Å². The van der Waals surface area contributed by atoms with Crippen molar-refractivity contribution in [3.05, 3.63) is 29.0 Å². The lowest BCUT2D eigenvalue weighted by molar-refractivity contribution is -0.126. The maximum Gasteiger partial charge on any atom is 0.258 e. The van der Waals surface area contributed by atoms with Gasteiger partial charge in [0.05, 0.1) is 10.4 Å². The second-order valence-corrected chi connectivity index (χ2v) is 10.4. The number of nitrogens with one attached hydrogen (secondary N) is 3. The lowest BCUT2D eigenvalue weighted by Crippen LogP contribution is -2.61. The molecule has 1 aliphatic heterocycles. The number of carbonyl (C=O) groups is 2. The van der Waals surface area contributed by atoms with Gasteiger partial charge < -0.3 is 20.7 Å². The van der Waals surface area contributed by atoms with Crippen LogP contribution in [0.4, 0.5) is 4.39 Å². The van der Waals surface area contributed by atoms with Crippen molar-refractivity contribution in [3.63, 3.8) is 0 Å². The molecular formula is C21H27ClFN3O3S. The van der Waals surface area contributed by atoms with E-state index in [4.69, 9.17) is 16.3 Å². The molecule has 2 bridgehead atoms. The minimum Gasteiger partial charge on any atom is -0.484 e. The Morgan fingerprint density at radius 3 is 2.53 bits per heavy atom. The first-order valence-electron chi connectivity index (χ1n) is 10.4. The summed E-state index contributed by atoms with van der Waals surface area (Å²) in [6, 6.07) is 4.34. The Bertz CT molecular complexity index is 823. The fourth-order valence-electron chi connectivity index (χ4n) is 4.73. The van der Waals surface area contributed by atoms with Crippen molar-refractivity contribution in [1.29, 1.82) is 0 Å². The molecular weight excluding hydrogens is 429 g/mol. The summed E-state index contributed by atoms with van der Waals surface area (Å²) in [7, 11) is 0. The molecule has 30 heavy (non-hydrogen) atoms. The topological polar surface area (TPSA) is 79.5 Å². The fourth-order valence-corrected chi connectivity index (χ4v) is 6.09. The number of amides is 2. The Kier molecular flexibility index (Phi) is 6.46. The zero-order valence-electron chi connectivity index (χ0n) is 17.0. The smallest absolute Gasteiger partial charge is 0.258 e. The summed E-state index contributed by atoms with van der Waals surface area (Å²) in [5.41, 5.74) is 0. The third kappa shape index (κ3) is 4.70. The number of rotatable bonds is 6. The summed E-state index contributed by atoms with van der Waals surface area (Å²) in [5.74, 6) is 0.450. The Morgan fingerprint density at radius 2 is 1.90 bits per heavy atom. The second-order valence-electron chi connectivity index (χ2n) is 8.54. The van der Waals surface area contributed by atoms with Crippen molar-refractivity contribution in [2.75, 3.05) is 6.61 Å². The molecule has 5 atom stereocenters. The van der Waals surface area contributed by atoms with Gasteiger partial charge in [0.25, 0.3) is 5.91 Å². The third-order valence-corrected chi connectivity index (χ3v) is 8.12. The van der Waals surface area contributed by atoms with Crippen LogP contribution in [0.1, 0.15) is 33.1 Å². The standard InChI is InChI=1S/C21H27ClFN3O3S/c1-10-20(30-11(2)24-10)21(28)26-18-8-17(12-5-13(18)6-12)25-19(27)9-29-14-3-4-15(22)16(23)7-14/h3-4,7,10-13,17-18,20,24H,5-6,8-9H2,1-2H3,(H,25,27)(H,26,28)/t10?,11?,12?,13?,17?,18-,20?/m1/s1. The SMILES string of the molecule is CC1NC(C)C(C(=O)N[C@@H]2CC(NC(=O)COc3ccc(Cl)c(F)c3)C3CC2C3)S1. The van der Waals surface area contributed by atoms with E-state index in [0.29, 0.717) is 11.8 Å². The predicted molar refractivity (Wildman–Crippen MR) is 115 cm³/mol. The normalized spacial score (nSPS) is 34.7. The second kappa shape index (κ2) is 8.93. The number of hydrogen-bond donors (Lipinski definition) is 3. The largest absolute Gasteiger partial charge is 0.484 e. The maximum absolute atomic E-state index is 13.5. The summed E-state index contributed by atoms with van der Waals surface area (Å²) >= 11 is 7.31. The number of thioether (sulfide) groups is 1. The molecule has 0 aromatic heterocycles. The molecule has 3 saturated carbocycles. The lowest BCUT2D eigenvalue weighted by Gasteiger charge is -2.51. The minimum absolute atomic E-state index is 0.0114. The number of carbonyl (C=O) groups excluding carboxylic acids is 2. The first kappa shape index (κ1) is 21.7. The molecule has 1 saturated heterocycles. The van der Waals surface area contributed by atoms with E-state index in [1.807, 2.05) is 6.92 Å². The fraction of sp³-hybridized carbons (Fsp3) is 0.619. The van der Waals surface area contributed by atoms with Crippen LogP contribution in [0.5, 0.6) is 5.75 Å². The molecule has 4 aliphatic rings. The van der Waals surface area contributed by atoms with Gasteiger partial charge in [0.2, 0.25) is 5.91 Å². The van der Waals surface area contributed by atoms with Crippen LogP contribution in [-0.2, 0) is 9.59 Å². The summed E-state index contributed by atoms with van der Waals surface area (Å²) in [6.07, 6.45) is 2.76. The summed E-state index contributed by atoms with van der Waals surface area (Å²) < 4.78 is 18.9. The number of ether oxygens (including phenoxy) is 1. The van der Waals surface area contributed by atoms with Crippen LogP contribution in [0.15, 0.2) is 18.2 Å². The Labute approximate surface area is 185 Å². The molecule has 2 amide bonds. The van der Waals surface area contributed by atoms with E-state index in [-0.39, 0.29) is 57.9 Å². The molecule has 4 fully saturated rings. The van der Waals surface area contributed by atoms with Gasteiger partial charge in [0.1, 0.15) is 16.8 Å². The molecule has 164 valence electrons. The minimum atomic E-state index is -0.583. The highest BCUT2D eigenvalue weighted by molar-refractivity contribution is 8.01. The monoisotopic (exact) mass is 455 g/mol. The number of benzene rings is 1. The van der Waals surface area contributed by atoms with Crippen molar-refractivity contribution in [2.45, 2.75) is 61.9 Å². The number of hydrogen-bond acceptors (Lipinski definition) is 5. The van der Waals surface area contributed by atoms with Gasteiger partial charge in [-0.2, -0.15) is 0 Å². The summed E-state index contributed by atoms with van der Waals surface area (Å²) in [5, 5.41) is 9.85. The summed E-state index contributed by atoms with van der Waals surface area (Å²) in [6.45, 7) is 3.92. The number of fused-ring (bicyclic) bond motifs is 2. The van der Waals surface area contributed by atoms with Gasteiger partial charge in [-0.3, -0.25) is 9.59 Å². The van der Waals surface area contributed by atoms with E-state index < -0.39 is 5.82 Å². The number of halogens is 2. The van der Waals surface area contributed by atoms with Gasteiger partial charge in [-0.15, -0.1) is 11.8 Å². The van der Waals surface area contributed by atoms with Gasteiger partial charge in [-0.25, -0.2) is 4.39 Å². The molecule has 5 rings (SSSR count). The molecule has 1 aromatic carbocycles. The predicted octanol–water partition coefficient (Wildman–Crippen LogP) is 2.70.